The lowest BCUT2D eigenvalue weighted by Crippen LogP contribution is -2.53. The summed E-state index contributed by atoms with van der Waals surface area (Å²) in [4.78, 5) is 5.08. The van der Waals surface area contributed by atoms with Gasteiger partial charge in [0.1, 0.15) is 0 Å². The monoisotopic (exact) mass is 335 g/mol. The summed E-state index contributed by atoms with van der Waals surface area (Å²) in [5, 5.41) is 0. The number of nitrogens with two attached hydrogens (primary N) is 1. The van der Waals surface area contributed by atoms with Crippen molar-refractivity contribution in [1.29, 1.82) is 0 Å². The van der Waals surface area contributed by atoms with Gasteiger partial charge in [-0.3, -0.25) is 9.80 Å². The van der Waals surface area contributed by atoms with E-state index in [0.29, 0.717) is 19.2 Å². The lowest BCUT2D eigenvalue weighted by molar-refractivity contribution is 0.0571. The van der Waals surface area contributed by atoms with Crippen LogP contribution in [0.4, 0.5) is 0 Å². The average Bonchev–Trinajstić information content (AvgIpc) is 2.59. The smallest absolute Gasteiger partial charge is 0.161 e. The summed E-state index contributed by atoms with van der Waals surface area (Å²) < 4.78 is 11.1. The maximum Gasteiger partial charge on any atom is 0.161 e. The first-order chi connectivity index (χ1) is 11.6. The van der Waals surface area contributed by atoms with E-state index in [4.69, 9.17) is 15.2 Å². The fourth-order valence-electron chi connectivity index (χ4n) is 3.59. The van der Waals surface area contributed by atoms with E-state index in [0.717, 1.165) is 31.1 Å². The Morgan fingerprint density at radius 2 is 2.04 bits per heavy atom. The zero-order chi connectivity index (χ0) is 17.5. The van der Waals surface area contributed by atoms with Gasteiger partial charge in [0.2, 0.25) is 0 Å². The van der Waals surface area contributed by atoms with E-state index in [1.807, 2.05) is 13.0 Å². The second kappa shape index (κ2) is 9.25. The molecule has 1 heterocycles. The summed E-state index contributed by atoms with van der Waals surface area (Å²) in [5.41, 5.74) is 7.34. The standard InChI is InChI=1S/C19H33N3O2/c1-5-9-21-10-11-22(14-15(21)3)17(13-20)16-7-8-18(24-6-2)19(12-16)23-4/h7-8,12,15,17H,5-6,9-11,13-14,20H2,1-4H3. The van der Waals surface area contributed by atoms with E-state index < -0.39 is 0 Å². The highest BCUT2D eigenvalue weighted by Gasteiger charge is 2.28. The maximum absolute atomic E-state index is 6.14. The van der Waals surface area contributed by atoms with Gasteiger partial charge in [0.25, 0.3) is 0 Å². The third-order valence-electron chi connectivity index (χ3n) is 4.84. The Morgan fingerprint density at radius 1 is 1.25 bits per heavy atom. The number of piperazine rings is 1. The van der Waals surface area contributed by atoms with Crippen LogP contribution in [0, 0.1) is 0 Å². The van der Waals surface area contributed by atoms with Gasteiger partial charge in [-0.05, 0) is 44.5 Å². The van der Waals surface area contributed by atoms with Crippen LogP contribution in [0.15, 0.2) is 18.2 Å². The molecule has 2 unspecified atom stereocenters. The molecular weight excluding hydrogens is 302 g/mol. The number of hydrogen-bond donors (Lipinski definition) is 1. The van der Waals surface area contributed by atoms with Crippen molar-refractivity contribution in [3.05, 3.63) is 23.8 Å². The Balaban J connectivity index is 2.14. The van der Waals surface area contributed by atoms with Gasteiger partial charge in [0.15, 0.2) is 11.5 Å². The summed E-state index contributed by atoms with van der Waals surface area (Å²) in [6.07, 6.45) is 1.21. The second-order valence-electron chi connectivity index (χ2n) is 6.47. The highest BCUT2D eigenvalue weighted by Crippen LogP contribution is 2.32. The third kappa shape index (κ3) is 4.41. The van der Waals surface area contributed by atoms with Crippen LogP contribution in [0.2, 0.25) is 0 Å². The molecule has 0 radical (unpaired) electrons. The average molecular weight is 335 g/mol. The Labute approximate surface area is 146 Å². The SMILES string of the molecule is CCCN1CCN(C(CN)c2ccc(OCC)c(OC)c2)CC1C. The van der Waals surface area contributed by atoms with Crippen LogP contribution in [0.25, 0.3) is 0 Å². The van der Waals surface area contributed by atoms with E-state index in [-0.39, 0.29) is 6.04 Å². The van der Waals surface area contributed by atoms with Crippen molar-refractivity contribution in [3.8, 4) is 11.5 Å². The van der Waals surface area contributed by atoms with E-state index in [2.05, 4.69) is 35.8 Å². The molecule has 1 aromatic rings. The van der Waals surface area contributed by atoms with E-state index >= 15 is 0 Å². The molecular formula is C19H33N3O2. The molecule has 0 spiro atoms. The summed E-state index contributed by atoms with van der Waals surface area (Å²) in [5.74, 6) is 1.58. The highest BCUT2D eigenvalue weighted by atomic mass is 16.5. The first kappa shape index (κ1) is 19.0. The number of rotatable bonds is 8. The molecule has 1 saturated heterocycles. The first-order valence-corrected chi connectivity index (χ1v) is 9.13. The molecule has 5 nitrogen and oxygen atoms in total. The lowest BCUT2D eigenvalue weighted by Gasteiger charge is -2.43. The van der Waals surface area contributed by atoms with Crippen LogP contribution in [-0.2, 0) is 0 Å². The van der Waals surface area contributed by atoms with Gasteiger partial charge >= 0.3 is 0 Å². The maximum atomic E-state index is 6.14. The number of hydrogen-bond acceptors (Lipinski definition) is 5. The predicted octanol–water partition coefficient (Wildman–Crippen LogP) is 2.51. The van der Waals surface area contributed by atoms with Gasteiger partial charge in [-0.2, -0.15) is 0 Å². The fourth-order valence-corrected chi connectivity index (χ4v) is 3.59. The van der Waals surface area contributed by atoms with Crippen molar-refractivity contribution in [2.24, 2.45) is 5.73 Å². The molecule has 5 heteroatoms. The molecule has 1 aliphatic heterocycles. The van der Waals surface area contributed by atoms with Crippen LogP contribution >= 0.6 is 0 Å². The minimum absolute atomic E-state index is 0.223. The van der Waals surface area contributed by atoms with Crippen molar-refractivity contribution < 1.29 is 9.47 Å². The molecule has 2 N–H and O–H groups in total. The van der Waals surface area contributed by atoms with Crippen molar-refractivity contribution in [3.63, 3.8) is 0 Å². The van der Waals surface area contributed by atoms with E-state index in [1.165, 1.54) is 18.5 Å². The molecule has 0 bridgehead atoms. The molecule has 24 heavy (non-hydrogen) atoms. The van der Waals surface area contributed by atoms with Crippen molar-refractivity contribution in [2.75, 3.05) is 46.4 Å². The lowest BCUT2D eigenvalue weighted by atomic mass is 10.0. The molecule has 0 aromatic heterocycles. The van der Waals surface area contributed by atoms with Gasteiger partial charge in [0.05, 0.1) is 13.7 Å². The van der Waals surface area contributed by atoms with Crippen LogP contribution in [0.3, 0.4) is 0 Å². The van der Waals surface area contributed by atoms with Crippen molar-refractivity contribution in [1.82, 2.24) is 9.80 Å². The van der Waals surface area contributed by atoms with Crippen LogP contribution < -0.4 is 15.2 Å². The second-order valence-corrected chi connectivity index (χ2v) is 6.47. The van der Waals surface area contributed by atoms with Crippen LogP contribution in [0.5, 0.6) is 11.5 Å². The summed E-state index contributed by atoms with van der Waals surface area (Å²) in [6, 6.07) is 6.98. The molecule has 0 saturated carbocycles. The molecule has 2 rings (SSSR count). The van der Waals surface area contributed by atoms with Gasteiger partial charge in [-0.25, -0.2) is 0 Å². The Morgan fingerprint density at radius 3 is 2.62 bits per heavy atom. The topological polar surface area (TPSA) is 51.0 Å². The molecule has 0 amide bonds. The van der Waals surface area contributed by atoms with E-state index in [9.17, 15) is 0 Å². The van der Waals surface area contributed by atoms with Crippen LogP contribution in [0.1, 0.15) is 38.8 Å². The number of ether oxygens (including phenoxy) is 2. The van der Waals surface area contributed by atoms with Gasteiger partial charge < -0.3 is 15.2 Å². The zero-order valence-electron chi connectivity index (χ0n) is 15.6. The first-order valence-electron chi connectivity index (χ1n) is 9.13. The third-order valence-corrected chi connectivity index (χ3v) is 4.84. The molecule has 0 aliphatic carbocycles. The minimum atomic E-state index is 0.223. The van der Waals surface area contributed by atoms with Gasteiger partial charge in [-0.1, -0.05) is 13.0 Å². The Bertz CT molecular complexity index is 509. The fraction of sp³-hybridized carbons (Fsp3) is 0.684. The minimum Gasteiger partial charge on any atom is -0.493 e. The van der Waals surface area contributed by atoms with Crippen molar-refractivity contribution >= 4 is 0 Å². The molecule has 2 atom stereocenters. The molecule has 1 fully saturated rings. The summed E-state index contributed by atoms with van der Waals surface area (Å²) in [7, 11) is 1.69. The van der Waals surface area contributed by atoms with Gasteiger partial charge in [-0.15, -0.1) is 0 Å². The zero-order valence-corrected chi connectivity index (χ0v) is 15.6. The summed E-state index contributed by atoms with van der Waals surface area (Å²) >= 11 is 0. The number of methoxy groups -OCH3 is 1. The molecule has 136 valence electrons. The predicted molar refractivity (Wildman–Crippen MR) is 98.9 cm³/mol. The molecule has 1 aliphatic rings. The normalized spacial score (nSPS) is 20.8. The largest absolute Gasteiger partial charge is 0.493 e. The molecule has 1 aromatic carbocycles. The van der Waals surface area contributed by atoms with Crippen LogP contribution in [-0.4, -0.2) is 62.3 Å². The number of nitrogens with zero attached hydrogens (tertiary/aromatic N) is 2. The number of benzene rings is 1. The highest BCUT2D eigenvalue weighted by molar-refractivity contribution is 5.44. The van der Waals surface area contributed by atoms with Crippen molar-refractivity contribution in [2.45, 2.75) is 39.3 Å². The quantitative estimate of drug-likeness (QED) is 0.791. The Kier molecular flexibility index (Phi) is 7.34. The Hall–Kier alpha value is -1.30. The van der Waals surface area contributed by atoms with Gasteiger partial charge in [0, 0.05) is 38.3 Å². The van der Waals surface area contributed by atoms with E-state index in [1.54, 1.807) is 7.11 Å². The summed E-state index contributed by atoms with van der Waals surface area (Å²) in [6.45, 7) is 12.2.